The van der Waals surface area contributed by atoms with Gasteiger partial charge in [0.05, 0.1) is 69.7 Å². The number of nitrogens with two attached hydrogens (primary N) is 1. The van der Waals surface area contributed by atoms with E-state index in [2.05, 4.69) is 35.5 Å². The fourth-order valence-corrected chi connectivity index (χ4v) is 10.5. The van der Waals surface area contributed by atoms with Gasteiger partial charge in [-0.25, -0.2) is 42.3 Å². The first-order valence-corrected chi connectivity index (χ1v) is 26.1. The number of aromatic nitrogens is 10. The Morgan fingerprint density at radius 2 is 1.06 bits per heavy atom. The lowest BCUT2D eigenvalue weighted by Gasteiger charge is -2.28. The van der Waals surface area contributed by atoms with Gasteiger partial charge in [-0.3, -0.25) is 23.7 Å². The standard InChI is InChI=1S/C29H26F2N6O3.C23H15F2N5O3.C6H13NO/c1-36-12-19-17(5-4-7-24(19)35-36)16-9-22(30)20(23(31)10-16)13-37-14-21(27-18(29(37)40)11-32-15-33-27)28(39)34-25-6-2-3-8-26(25)38;1-29-8-15-13(3-2-4-20(15)28-29)12-5-18(24)16(19(25)6-12)9-30-10-17(23(32)33)21-14(22(30)31)7-26-11-27-21;7-5-3-1-2-4-6(5)8/h4-5,7,9-12,14-15,25-26,38H,2-3,6,8,13H2,1H3,(H,34,39);2-8,10-11H,9H2,1H3,(H,32,33);5-6,8H,1-4,7H2/t25-,26-;;5-,6-/m0.0/s1. The van der Waals surface area contributed by atoms with Gasteiger partial charge in [0.1, 0.15) is 41.5 Å². The molecule has 23 heteroatoms. The van der Waals surface area contributed by atoms with Crippen molar-refractivity contribution in [2.45, 2.75) is 88.7 Å². The first-order valence-electron chi connectivity index (χ1n) is 26.1. The maximum absolute atomic E-state index is 15.4. The molecule has 1 amide bonds. The number of rotatable bonds is 9. The number of aromatic carboxylic acids is 1. The summed E-state index contributed by atoms with van der Waals surface area (Å²) in [5, 5.41) is 41.8. The van der Waals surface area contributed by atoms with Crippen LogP contribution in [0.4, 0.5) is 17.6 Å². The normalized spacial score (nSPS) is 17.1. The van der Waals surface area contributed by atoms with Crippen LogP contribution in [0.25, 0.3) is 65.9 Å². The van der Waals surface area contributed by atoms with Crippen molar-refractivity contribution in [2.24, 2.45) is 19.8 Å². The van der Waals surface area contributed by atoms with E-state index in [1.54, 1.807) is 66.2 Å². The van der Waals surface area contributed by atoms with E-state index in [1.807, 2.05) is 6.07 Å². The Morgan fingerprint density at radius 1 is 0.617 bits per heavy atom. The van der Waals surface area contributed by atoms with Crippen molar-refractivity contribution in [3.8, 4) is 22.3 Å². The van der Waals surface area contributed by atoms with E-state index in [0.29, 0.717) is 46.1 Å². The minimum absolute atomic E-state index is 0.0417. The number of benzene rings is 4. The summed E-state index contributed by atoms with van der Waals surface area (Å²) >= 11 is 0. The van der Waals surface area contributed by atoms with E-state index in [-0.39, 0.29) is 56.2 Å². The van der Waals surface area contributed by atoms with Crippen molar-refractivity contribution in [1.29, 1.82) is 0 Å². The molecule has 81 heavy (non-hydrogen) atoms. The van der Waals surface area contributed by atoms with Gasteiger partial charge in [0.25, 0.3) is 17.0 Å². The summed E-state index contributed by atoms with van der Waals surface area (Å²) in [5.41, 5.74) is 6.72. The predicted molar refractivity (Wildman–Crippen MR) is 293 cm³/mol. The summed E-state index contributed by atoms with van der Waals surface area (Å²) in [7, 11) is 3.53. The van der Waals surface area contributed by atoms with Crippen LogP contribution in [-0.2, 0) is 27.2 Å². The second-order valence-corrected chi connectivity index (χ2v) is 20.2. The van der Waals surface area contributed by atoms with Gasteiger partial charge < -0.3 is 35.5 Å². The van der Waals surface area contributed by atoms with Crippen LogP contribution in [0.3, 0.4) is 0 Å². The Bertz CT molecular complexity index is 4130. The number of hydrogen-bond acceptors (Lipinski definition) is 13. The molecular weight excluding hydrogens is 1050 g/mol. The molecule has 10 aromatic rings. The molecule has 416 valence electrons. The minimum atomic E-state index is -1.33. The highest BCUT2D eigenvalue weighted by Gasteiger charge is 2.28. The van der Waals surface area contributed by atoms with Gasteiger partial charge in [-0.05, 0) is 84.3 Å². The number of nitrogens with one attached hydrogen (secondary N) is 1. The first-order chi connectivity index (χ1) is 38.9. The molecule has 0 saturated heterocycles. The van der Waals surface area contributed by atoms with Gasteiger partial charge in [0, 0.05) is 79.2 Å². The number of carboxylic acid groups (broad SMARTS) is 1. The molecule has 0 bridgehead atoms. The van der Waals surface area contributed by atoms with Gasteiger partial charge in [-0.2, -0.15) is 10.2 Å². The number of carboxylic acids is 1. The maximum Gasteiger partial charge on any atom is 0.339 e. The van der Waals surface area contributed by atoms with E-state index >= 15 is 17.6 Å². The van der Waals surface area contributed by atoms with Crippen molar-refractivity contribution in [2.75, 3.05) is 0 Å². The topological polar surface area (TPSA) is 264 Å². The van der Waals surface area contributed by atoms with Crippen molar-refractivity contribution in [3.63, 3.8) is 0 Å². The molecule has 2 aliphatic rings. The molecular formula is C58H54F4N12O7. The fraction of sp³-hybridized carbons (Fsp3) is 0.276. The van der Waals surface area contributed by atoms with E-state index in [0.717, 1.165) is 64.5 Å². The van der Waals surface area contributed by atoms with Crippen LogP contribution in [0.5, 0.6) is 0 Å². The van der Waals surface area contributed by atoms with Gasteiger partial charge in [-0.15, -0.1) is 0 Å². The van der Waals surface area contributed by atoms with Gasteiger partial charge in [0.15, 0.2) is 0 Å². The van der Waals surface area contributed by atoms with Crippen LogP contribution in [0.15, 0.2) is 120 Å². The molecule has 0 unspecified atom stereocenters. The molecule has 2 aliphatic carbocycles. The number of fused-ring (bicyclic) bond motifs is 4. The summed E-state index contributed by atoms with van der Waals surface area (Å²) in [6.07, 6.45) is 16.9. The number of carbonyl (C=O) groups excluding carboxylic acids is 1. The summed E-state index contributed by atoms with van der Waals surface area (Å²) in [6.45, 7) is -0.954. The molecule has 12 rings (SSSR count). The average Bonchev–Trinajstić information content (AvgIpc) is 4.13. The Balaban J connectivity index is 0.000000162. The Labute approximate surface area is 458 Å². The van der Waals surface area contributed by atoms with E-state index in [9.17, 15) is 29.4 Å². The Morgan fingerprint density at radius 3 is 1.51 bits per heavy atom. The van der Waals surface area contributed by atoms with Crippen LogP contribution in [0.1, 0.15) is 83.2 Å². The molecule has 2 saturated carbocycles. The third-order valence-electron chi connectivity index (χ3n) is 14.7. The number of nitrogens with zero attached hydrogens (tertiary/aromatic N) is 10. The van der Waals surface area contributed by atoms with Gasteiger partial charge in [-0.1, -0.05) is 49.9 Å². The van der Waals surface area contributed by atoms with E-state index in [1.165, 1.54) is 55.6 Å². The summed E-state index contributed by atoms with van der Waals surface area (Å²) < 4.78 is 66.3. The van der Waals surface area contributed by atoms with Crippen molar-refractivity contribution in [1.82, 2.24) is 53.9 Å². The second kappa shape index (κ2) is 23.3. The smallest absolute Gasteiger partial charge is 0.339 e. The van der Waals surface area contributed by atoms with Crippen LogP contribution >= 0.6 is 0 Å². The highest BCUT2D eigenvalue weighted by Crippen LogP contribution is 2.33. The zero-order valence-electron chi connectivity index (χ0n) is 43.8. The van der Waals surface area contributed by atoms with Crippen LogP contribution in [-0.4, -0.2) is 100 Å². The highest BCUT2D eigenvalue weighted by atomic mass is 19.1. The molecule has 0 aliphatic heterocycles. The second-order valence-electron chi connectivity index (χ2n) is 20.2. The van der Waals surface area contributed by atoms with Crippen LogP contribution in [0, 0.1) is 23.3 Å². The SMILES string of the molecule is Cn1cc2c(-c3cc(F)c(Cn4cc(C(=O)N[C@H]5CCCC[C@@H]5O)c5ncncc5c4=O)c(F)c3)cccc2n1.Cn1cc2c(-c3cc(F)c(Cn4cc(C(=O)O)c5ncncc5c4=O)c(F)c3)cccc2n1.N[C@H]1CCCC[C@@H]1O. The summed E-state index contributed by atoms with van der Waals surface area (Å²) in [6, 6.07) is 15.1. The Hall–Kier alpha value is -9.06. The number of aliphatic hydroxyl groups is 2. The van der Waals surface area contributed by atoms with Crippen LogP contribution < -0.4 is 22.2 Å². The van der Waals surface area contributed by atoms with Crippen molar-refractivity contribution >= 4 is 55.5 Å². The van der Waals surface area contributed by atoms with Gasteiger partial charge in [0.2, 0.25) is 0 Å². The lowest BCUT2D eigenvalue weighted by atomic mass is 9.92. The van der Waals surface area contributed by atoms with Crippen molar-refractivity contribution < 1.29 is 42.5 Å². The maximum atomic E-state index is 15.4. The van der Waals surface area contributed by atoms with Crippen molar-refractivity contribution in [3.05, 3.63) is 177 Å². The molecule has 0 spiro atoms. The number of hydrogen-bond donors (Lipinski definition) is 5. The summed E-state index contributed by atoms with van der Waals surface area (Å²) in [5.74, 6) is -5.25. The molecule has 6 aromatic heterocycles. The van der Waals surface area contributed by atoms with Gasteiger partial charge >= 0.3 is 5.97 Å². The zero-order valence-corrected chi connectivity index (χ0v) is 43.8. The Kier molecular flexibility index (Phi) is 15.9. The molecule has 4 aromatic carbocycles. The number of aryl methyl sites for hydroxylation is 2. The minimum Gasteiger partial charge on any atom is -0.478 e. The number of amides is 1. The highest BCUT2D eigenvalue weighted by molar-refractivity contribution is 6.05. The molecule has 19 nitrogen and oxygen atoms in total. The third-order valence-corrected chi connectivity index (χ3v) is 14.7. The third kappa shape index (κ3) is 11.5. The molecule has 6 heterocycles. The largest absolute Gasteiger partial charge is 0.478 e. The number of aliphatic hydroxyl groups excluding tert-OH is 2. The average molecular weight is 1110 g/mol. The first kappa shape index (κ1) is 55.3. The number of pyridine rings is 2. The lowest BCUT2D eigenvalue weighted by Crippen LogP contribution is -2.45. The van der Waals surface area contributed by atoms with Crippen LogP contribution in [0.2, 0.25) is 0 Å². The van der Waals surface area contributed by atoms with E-state index in [4.69, 9.17) is 10.8 Å². The lowest BCUT2D eigenvalue weighted by molar-refractivity contribution is 0.0696. The molecule has 6 N–H and O–H groups in total. The quantitative estimate of drug-likeness (QED) is 0.0887. The monoisotopic (exact) mass is 1110 g/mol. The van der Waals surface area contributed by atoms with E-state index < -0.39 is 71.5 Å². The molecule has 0 radical (unpaired) electrons. The number of halogens is 4. The summed E-state index contributed by atoms with van der Waals surface area (Å²) in [4.78, 5) is 66.6. The predicted octanol–water partition coefficient (Wildman–Crippen LogP) is 7.32. The zero-order chi connectivity index (χ0) is 57.2. The number of carbonyl (C=O) groups is 2. The fourth-order valence-electron chi connectivity index (χ4n) is 10.5. The molecule has 2 fully saturated rings. The molecule has 4 atom stereocenters.